The standard InChI is InChI=1S/C17H24FN3O2.2ClH/c1-23-16-10-14(18)4-5-15(16)20-6-8-21(9-7-20)17(22)12-19-11-13-2-3-13;;/h4-5,10,13,19H,2-3,6-9,11-12H2,1H3;2*1H. The maximum atomic E-state index is 13.3. The summed E-state index contributed by atoms with van der Waals surface area (Å²) in [6.07, 6.45) is 2.58. The molecular weight excluding hydrogens is 368 g/mol. The number of carbonyl (C=O) groups is 1. The molecule has 1 heterocycles. The molecule has 25 heavy (non-hydrogen) atoms. The molecule has 0 unspecified atom stereocenters. The Balaban J connectivity index is 0.00000156. The van der Waals surface area contributed by atoms with E-state index in [0.29, 0.717) is 25.4 Å². The average molecular weight is 394 g/mol. The first-order valence-corrected chi connectivity index (χ1v) is 8.24. The van der Waals surface area contributed by atoms with E-state index in [-0.39, 0.29) is 36.5 Å². The molecule has 1 aliphatic heterocycles. The summed E-state index contributed by atoms with van der Waals surface area (Å²) in [5.74, 6) is 1.18. The van der Waals surface area contributed by atoms with Crippen molar-refractivity contribution in [1.29, 1.82) is 0 Å². The molecule has 1 saturated carbocycles. The van der Waals surface area contributed by atoms with Gasteiger partial charge < -0.3 is 19.9 Å². The van der Waals surface area contributed by atoms with Gasteiger partial charge in [0.05, 0.1) is 19.3 Å². The van der Waals surface area contributed by atoms with Gasteiger partial charge in [-0.25, -0.2) is 4.39 Å². The summed E-state index contributed by atoms with van der Waals surface area (Å²) in [5, 5.41) is 3.25. The van der Waals surface area contributed by atoms with Gasteiger partial charge in [-0.3, -0.25) is 4.79 Å². The van der Waals surface area contributed by atoms with Crippen LogP contribution in [0.25, 0.3) is 0 Å². The lowest BCUT2D eigenvalue weighted by Crippen LogP contribution is -2.51. The Morgan fingerprint density at radius 2 is 1.92 bits per heavy atom. The van der Waals surface area contributed by atoms with Crippen LogP contribution >= 0.6 is 24.8 Å². The Kier molecular flexibility index (Phi) is 8.76. The smallest absolute Gasteiger partial charge is 0.236 e. The van der Waals surface area contributed by atoms with E-state index in [0.717, 1.165) is 31.2 Å². The van der Waals surface area contributed by atoms with Crippen LogP contribution in [-0.4, -0.2) is 57.2 Å². The second-order valence-electron chi connectivity index (χ2n) is 6.26. The fourth-order valence-electron chi connectivity index (χ4n) is 2.93. The summed E-state index contributed by atoms with van der Waals surface area (Å²) in [4.78, 5) is 16.2. The minimum Gasteiger partial charge on any atom is -0.494 e. The third kappa shape index (κ3) is 5.90. The molecule has 2 aliphatic rings. The van der Waals surface area contributed by atoms with Crippen LogP contribution in [0.4, 0.5) is 10.1 Å². The van der Waals surface area contributed by atoms with E-state index in [9.17, 15) is 9.18 Å². The summed E-state index contributed by atoms with van der Waals surface area (Å²) < 4.78 is 18.6. The molecule has 1 N–H and O–H groups in total. The van der Waals surface area contributed by atoms with E-state index in [1.165, 1.54) is 25.0 Å². The van der Waals surface area contributed by atoms with Gasteiger partial charge in [0.1, 0.15) is 11.6 Å². The zero-order valence-corrected chi connectivity index (χ0v) is 16.0. The molecular formula is C17H26Cl2FN3O2. The number of carbonyl (C=O) groups excluding carboxylic acids is 1. The lowest BCUT2D eigenvalue weighted by atomic mass is 10.2. The van der Waals surface area contributed by atoms with Crippen LogP contribution in [0.15, 0.2) is 18.2 Å². The topological polar surface area (TPSA) is 44.8 Å². The number of anilines is 1. The Morgan fingerprint density at radius 1 is 1.24 bits per heavy atom. The SMILES string of the molecule is COc1cc(F)ccc1N1CCN(C(=O)CNCC2CC2)CC1.Cl.Cl. The number of ether oxygens (including phenoxy) is 1. The molecule has 1 aromatic carbocycles. The van der Waals surface area contributed by atoms with Crippen molar-refractivity contribution in [3.63, 3.8) is 0 Å². The van der Waals surface area contributed by atoms with Gasteiger partial charge in [-0.2, -0.15) is 0 Å². The molecule has 1 aromatic rings. The van der Waals surface area contributed by atoms with Crippen LogP contribution in [0.5, 0.6) is 5.75 Å². The van der Waals surface area contributed by atoms with Gasteiger partial charge in [0, 0.05) is 32.2 Å². The van der Waals surface area contributed by atoms with Gasteiger partial charge >= 0.3 is 0 Å². The molecule has 1 aliphatic carbocycles. The monoisotopic (exact) mass is 393 g/mol. The van der Waals surface area contributed by atoms with Gasteiger partial charge in [0.15, 0.2) is 0 Å². The van der Waals surface area contributed by atoms with Gasteiger partial charge in [-0.15, -0.1) is 24.8 Å². The van der Waals surface area contributed by atoms with Gasteiger partial charge in [0.2, 0.25) is 5.91 Å². The third-order valence-electron chi connectivity index (χ3n) is 4.52. The lowest BCUT2D eigenvalue weighted by Gasteiger charge is -2.36. The number of nitrogens with one attached hydrogen (secondary N) is 1. The van der Waals surface area contributed by atoms with E-state index in [4.69, 9.17) is 4.74 Å². The molecule has 2 fully saturated rings. The van der Waals surface area contributed by atoms with Crippen molar-refractivity contribution in [1.82, 2.24) is 10.2 Å². The zero-order chi connectivity index (χ0) is 16.2. The summed E-state index contributed by atoms with van der Waals surface area (Å²) in [6, 6.07) is 4.58. The summed E-state index contributed by atoms with van der Waals surface area (Å²) in [6.45, 7) is 4.22. The predicted molar refractivity (Wildman–Crippen MR) is 102 cm³/mol. The van der Waals surface area contributed by atoms with E-state index in [1.807, 2.05) is 4.90 Å². The Morgan fingerprint density at radius 3 is 2.52 bits per heavy atom. The van der Waals surface area contributed by atoms with Crippen LogP contribution < -0.4 is 15.0 Å². The fourth-order valence-corrected chi connectivity index (χ4v) is 2.93. The number of hydrogen-bond acceptors (Lipinski definition) is 4. The van der Waals surface area contributed by atoms with Gasteiger partial charge in [-0.1, -0.05) is 0 Å². The Bertz CT molecular complexity index is 565. The third-order valence-corrected chi connectivity index (χ3v) is 4.52. The van der Waals surface area contributed by atoms with Crippen LogP contribution in [0.2, 0.25) is 0 Å². The molecule has 3 rings (SSSR count). The normalized spacial score (nSPS) is 16.7. The minimum atomic E-state index is -0.304. The molecule has 0 radical (unpaired) electrons. The lowest BCUT2D eigenvalue weighted by molar-refractivity contribution is -0.130. The van der Waals surface area contributed by atoms with Crippen molar-refractivity contribution in [3.05, 3.63) is 24.0 Å². The van der Waals surface area contributed by atoms with Crippen molar-refractivity contribution in [3.8, 4) is 5.75 Å². The van der Waals surface area contributed by atoms with Crippen molar-refractivity contribution < 1.29 is 13.9 Å². The molecule has 0 atom stereocenters. The number of hydrogen-bond donors (Lipinski definition) is 1. The zero-order valence-electron chi connectivity index (χ0n) is 14.4. The second kappa shape index (κ2) is 10.0. The predicted octanol–water partition coefficient (Wildman–Crippen LogP) is 2.33. The molecule has 5 nitrogen and oxygen atoms in total. The number of nitrogens with zero attached hydrogens (tertiary/aromatic N) is 2. The van der Waals surface area contributed by atoms with Crippen molar-refractivity contribution in [2.24, 2.45) is 5.92 Å². The number of methoxy groups -OCH3 is 1. The van der Waals surface area contributed by atoms with E-state index in [1.54, 1.807) is 13.2 Å². The number of rotatable bonds is 6. The van der Waals surface area contributed by atoms with Crippen molar-refractivity contribution in [2.75, 3.05) is 51.3 Å². The maximum Gasteiger partial charge on any atom is 0.236 e. The van der Waals surface area contributed by atoms with Crippen LogP contribution in [-0.2, 0) is 4.79 Å². The largest absolute Gasteiger partial charge is 0.494 e. The number of amides is 1. The first kappa shape index (κ1) is 21.8. The quantitative estimate of drug-likeness (QED) is 0.805. The molecule has 1 saturated heterocycles. The van der Waals surface area contributed by atoms with Crippen molar-refractivity contribution >= 4 is 36.4 Å². The highest BCUT2D eigenvalue weighted by molar-refractivity contribution is 5.85. The van der Waals surface area contributed by atoms with Crippen molar-refractivity contribution in [2.45, 2.75) is 12.8 Å². The molecule has 0 bridgehead atoms. The maximum absolute atomic E-state index is 13.3. The number of piperazine rings is 1. The minimum absolute atomic E-state index is 0. The van der Waals surface area contributed by atoms with E-state index >= 15 is 0 Å². The average Bonchev–Trinajstić information content (AvgIpc) is 3.39. The summed E-state index contributed by atoms with van der Waals surface area (Å²) in [7, 11) is 1.55. The van der Waals surface area contributed by atoms with Gasteiger partial charge in [0.25, 0.3) is 0 Å². The second-order valence-corrected chi connectivity index (χ2v) is 6.26. The first-order valence-electron chi connectivity index (χ1n) is 8.24. The van der Waals surface area contributed by atoms with Crippen LogP contribution in [0.1, 0.15) is 12.8 Å². The molecule has 0 aromatic heterocycles. The molecule has 142 valence electrons. The molecule has 8 heteroatoms. The molecule has 1 amide bonds. The highest BCUT2D eigenvalue weighted by Gasteiger charge is 2.24. The van der Waals surface area contributed by atoms with Crippen LogP contribution in [0, 0.1) is 11.7 Å². The Hall–Kier alpha value is -1.24. The first-order chi connectivity index (χ1) is 11.2. The van der Waals surface area contributed by atoms with E-state index < -0.39 is 0 Å². The molecule has 0 spiro atoms. The van der Waals surface area contributed by atoms with Gasteiger partial charge in [-0.05, 0) is 37.4 Å². The Labute approximate surface area is 160 Å². The highest BCUT2D eigenvalue weighted by atomic mass is 35.5. The fraction of sp³-hybridized carbons (Fsp3) is 0.588. The number of halogens is 3. The highest BCUT2D eigenvalue weighted by Crippen LogP contribution is 2.29. The number of benzene rings is 1. The van der Waals surface area contributed by atoms with E-state index in [2.05, 4.69) is 10.2 Å². The summed E-state index contributed by atoms with van der Waals surface area (Å²) in [5.41, 5.74) is 0.882. The summed E-state index contributed by atoms with van der Waals surface area (Å²) >= 11 is 0. The van der Waals surface area contributed by atoms with Crippen LogP contribution in [0.3, 0.4) is 0 Å².